The van der Waals surface area contributed by atoms with Gasteiger partial charge in [0.1, 0.15) is 5.78 Å². The molecule has 0 aliphatic carbocycles. The van der Waals surface area contributed by atoms with Crippen LogP contribution < -0.4 is 5.73 Å². The van der Waals surface area contributed by atoms with Crippen LogP contribution in [-0.4, -0.2) is 36.0 Å². The van der Waals surface area contributed by atoms with E-state index in [-0.39, 0.29) is 24.4 Å². The van der Waals surface area contributed by atoms with Gasteiger partial charge >= 0.3 is 5.97 Å². The SMILES string of the molecule is NC(=O)C1CC2OC2CCCCCCC(=O)CCCC(=O)O1. The van der Waals surface area contributed by atoms with Crippen LogP contribution in [0.2, 0.25) is 0 Å². The molecular weight excluding hydrogens is 286 g/mol. The molecule has 3 atom stereocenters. The number of fused-ring (bicyclic) bond motifs is 1. The molecule has 0 spiro atoms. The van der Waals surface area contributed by atoms with Crippen molar-refractivity contribution in [3.05, 3.63) is 0 Å². The highest BCUT2D eigenvalue weighted by molar-refractivity contribution is 5.83. The van der Waals surface area contributed by atoms with Gasteiger partial charge in [-0.15, -0.1) is 0 Å². The fraction of sp³-hybridized carbons (Fsp3) is 0.812. The number of rotatable bonds is 1. The number of primary amides is 1. The van der Waals surface area contributed by atoms with Gasteiger partial charge in [-0.3, -0.25) is 14.4 Å². The van der Waals surface area contributed by atoms with E-state index < -0.39 is 18.0 Å². The second kappa shape index (κ2) is 8.27. The molecule has 6 nitrogen and oxygen atoms in total. The fourth-order valence-corrected chi connectivity index (χ4v) is 2.87. The van der Waals surface area contributed by atoms with Gasteiger partial charge in [-0.05, 0) is 19.3 Å². The molecule has 0 saturated carbocycles. The normalized spacial score (nSPS) is 31.9. The summed E-state index contributed by atoms with van der Waals surface area (Å²) < 4.78 is 10.7. The molecule has 0 bridgehead atoms. The Balaban J connectivity index is 1.87. The molecular formula is C16H25NO5. The van der Waals surface area contributed by atoms with Crippen molar-refractivity contribution in [1.82, 2.24) is 0 Å². The van der Waals surface area contributed by atoms with Gasteiger partial charge in [-0.25, -0.2) is 0 Å². The minimum atomic E-state index is -0.925. The number of carbonyl (C=O) groups is 3. The van der Waals surface area contributed by atoms with Crippen LogP contribution in [0.3, 0.4) is 0 Å². The van der Waals surface area contributed by atoms with Crippen molar-refractivity contribution in [2.75, 3.05) is 0 Å². The Hall–Kier alpha value is -1.43. The van der Waals surface area contributed by atoms with E-state index in [2.05, 4.69) is 0 Å². The van der Waals surface area contributed by atoms with E-state index in [1.807, 2.05) is 0 Å². The average molecular weight is 311 g/mol. The van der Waals surface area contributed by atoms with E-state index in [0.29, 0.717) is 25.7 Å². The molecule has 6 heteroatoms. The summed E-state index contributed by atoms with van der Waals surface area (Å²) in [5.74, 6) is -0.919. The van der Waals surface area contributed by atoms with Crippen LogP contribution >= 0.6 is 0 Å². The van der Waals surface area contributed by atoms with E-state index in [1.54, 1.807) is 0 Å². The minimum absolute atomic E-state index is 0.0280. The van der Waals surface area contributed by atoms with Crippen molar-refractivity contribution in [1.29, 1.82) is 0 Å². The summed E-state index contributed by atoms with van der Waals surface area (Å²) in [4.78, 5) is 34.8. The van der Waals surface area contributed by atoms with Gasteiger partial charge in [0.05, 0.1) is 12.2 Å². The smallest absolute Gasteiger partial charge is 0.306 e. The number of hydrogen-bond donors (Lipinski definition) is 1. The van der Waals surface area contributed by atoms with Crippen molar-refractivity contribution in [2.45, 2.75) is 82.5 Å². The van der Waals surface area contributed by atoms with E-state index in [9.17, 15) is 14.4 Å². The monoisotopic (exact) mass is 311 g/mol. The first-order valence-electron chi connectivity index (χ1n) is 8.22. The summed E-state index contributed by atoms with van der Waals surface area (Å²) in [6.07, 6.45) is 6.17. The van der Waals surface area contributed by atoms with Crippen LogP contribution in [0.5, 0.6) is 0 Å². The molecule has 22 heavy (non-hydrogen) atoms. The van der Waals surface area contributed by atoms with Gasteiger partial charge in [-0.2, -0.15) is 0 Å². The summed E-state index contributed by atoms with van der Waals surface area (Å²) in [6.45, 7) is 0. The lowest BCUT2D eigenvalue weighted by molar-refractivity contribution is -0.155. The first-order chi connectivity index (χ1) is 10.6. The molecule has 1 amide bonds. The van der Waals surface area contributed by atoms with Crippen molar-refractivity contribution < 1.29 is 23.9 Å². The highest BCUT2D eigenvalue weighted by Gasteiger charge is 2.41. The van der Waals surface area contributed by atoms with Gasteiger partial charge in [-0.1, -0.05) is 19.3 Å². The van der Waals surface area contributed by atoms with Crippen LogP contribution in [-0.2, 0) is 23.9 Å². The number of amides is 1. The molecule has 0 radical (unpaired) electrons. The third-order valence-corrected chi connectivity index (χ3v) is 4.26. The fourth-order valence-electron chi connectivity index (χ4n) is 2.87. The highest BCUT2D eigenvalue weighted by atomic mass is 16.6. The predicted molar refractivity (Wildman–Crippen MR) is 78.9 cm³/mol. The Morgan fingerprint density at radius 2 is 1.68 bits per heavy atom. The maximum absolute atomic E-state index is 11.7. The van der Waals surface area contributed by atoms with Crippen molar-refractivity contribution in [3.8, 4) is 0 Å². The zero-order valence-corrected chi connectivity index (χ0v) is 12.9. The number of carbonyl (C=O) groups excluding carboxylic acids is 3. The molecule has 3 unspecified atom stereocenters. The van der Waals surface area contributed by atoms with Crippen LogP contribution in [0.25, 0.3) is 0 Å². The molecule has 0 aromatic carbocycles. The van der Waals surface area contributed by atoms with E-state index in [1.165, 1.54) is 0 Å². The summed E-state index contributed by atoms with van der Waals surface area (Å²) in [6, 6.07) is 0. The number of esters is 1. The zero-order chi connectivity index (χ0) is 15.9. The lowest BCUT2D eigenvalue weighted by Crippen LogP contribution is -2.34. The minimum Gasteiger partial charge on any atom is -0.452 e. The predicted octanol–water partition coefficient (Wildman–Crippen LogP) is 1.63. The van der Waals surface area contributed by atoms with Gasteiger partial charge in [0.25, 0.3) is 5.91 Å². The maximum atomic E-state index is 11.7. The number of Topliss-reactive ketones (excluding diaryl/α,β-unsaturated/α-hetero) is 1. The first kappa shape index (κ1) is 16.9. The van der Waals surface area contributed by atoms with Crippen molar-refractivity contribution in [3.63, 3.8) is 0 Å². The number of nitrogens with two attached hydrogens (primary N) is 1. The largest absolute Gasteiger partial charge is 0.452 e. The Morgan fingerprint density at radius 1 is 0.955 bits per heavy atom. The molecule has 2 saturated heterocycles. The number of cyclic esters (lactones) is 1. The lowest BCUT2D eigenvalue weighted by Gasteiger charge is -2.13. The molecule has 2 aliphatic rings. The molecule has 2 fully saturated rings. The van der Waals surface area contributed by atoms with E-state index in [0.717, 1.165) is 32.1 Å². The van der Waals surface area contributed by atoms with Crippen molar-refractivity contribution >= 4 is 17.7 Å². The quantitative estimate of drug-likeness (QED) is 0.586. The van der Waals surface area contributed by atoms with Crippen LogP contribution in [0.1, 0.15) is 64.2 Å². The summed E-state index contributed by atoms with van der Waals surface area (Å²) in [5, 5.41) is 0. The summed E-state index contributed by atoms with van der Waals surface area (Å²) >= 11 is 0. The van der Waals surface area contributed by atoms with Crippen molar-refractivity contribution in [2.24, 2.45) is 5.73 Å². The molecule has 0 aromatic heterocycles. The van der Waals surface area contributed by atoms with E-state index >= 15 is 0 Å². The van der Waals surface area contributed by atoms with Gasteiger partial charge in [0, 0.05) is 25.7 Å². The standard InChI is InChI=1S/C16H25NO5/c17-16(20)14-10-13-12(21-13)8-4-2-1-3-6-11(18)7-5-9-15(19)22-14/h12-14H,1-10H2,(H2,17,20). The van der Waals surface area contributed by atoms with Crippen LogP contribution in [0.15, 0.2) is 0 Å². The molecule has 2 N–H and O–H groups in total. The number of ether oxygens (including phenoxy) is 2. The van der Waals surface area contributed by atoms with Crippen LogP contribution in [0, 0.1) is 0 Å². The molecule has 0 aromatic rings. The average Bonchev–Trinajstić information content (AvgIpc) is 3.19. The number of ketones is 1. The van der Waals surface area contributed by atoms with Crippen LogP contribution in [0.4, 0.5) is 0 Å². The molecule has 2 rings (SSSR count). The second-order valence-electron chi connectivity index (χ2n) is 6.17. The third-order valence-electron chi connectivity index (χ3n) is 4.26. The first-order valence-corrected chi connectivity index (χ1v) is 8.22. The van der Waals surface area contributed by atoms with E-state index in [4.69, 9.17) is 15.2 Å². The third kappa shape index (κ3) is 5.75. The lowest BCUT2D eigenvalue weighted by atomic mass is 10.0. The second-order valence-corrected chi connectivity index (χ2v) is 6.17. The van der Waals surface area contributed by atoms with Gasteiger partial charge in [0.15, 0.2) is 6.10 Å². The number of hydrogen-bond acceptors (Lipinski definition) is 5. The molecule has 2 heterocycles. The Labute approximate surface area is 130 Å². The topological polar surface area (TPSA) is 99.0 Å². The molecule has 124 valence electrons. The maximum Gasteiger partial charge on any atom is 0.306 e. The number of epoxide rings is 1. The van der Waals surface area contributed by atoms with Gasteiger partial charge < -0.3 is 15.2 Å². The Kier molecular flexibility index (Phi) is 6.36. The summed E-state index contributed by atoms with van der Waals surface area (Å²) in [5.41, 5.74) is 5.29. The Bertz CT molecular complexity index is 423. The zero-order valence-electron chi connectivity index (χ0n) is 12.9. The summed E-state index contributed by atoms with van der Waals surface area (Å²) in [7, 11) is 0. The highest BCUT2D eigenvalue weighted by Crippen LogP contribution is 2.32. The van der Waals surface area contributed by atoms with Gasteiger partial charge in [0.2, 0.25) is 0 Å². The molecule has 2 aliphatic heterocycles. The Morgan fingerprint density at radius 3 is 2.45 bits per heavy atom.